The molecule has 1 aliphatic heterocycles. The molecule has 0 radical (unpaired) electrons. The SMILES string of the molecule is CC(=Cc1cccc2ccccc12)CN1CCN(Cc2ccccc2)CC1. The minimum absolute atomic E-state index is 1.06. The maximum Gasteiger partial charge on any atom is 0.0234 e. The van der Waals surface area contributed by atoms with E-state index in [4.69, 9.17) is 0 Å². The first kappa shape index (κ1) is 18.0. The lowest BCUT2D eigenvalue weighted by Gasteiger charge is -2.35. The minimum atomic E-state index is 1.06. The summed E-state index contributed by atoms with van der Waals surface area (Å²) >= 11 is 0. The van der Waals surface area contributed by atoms with Crippen LogP contribution >= 0.6 is 0 Å². The zero-order valence-electron chi connectivity index (χ0n) is 16.1. The number of rotatable bonds is 5. The first-order valence-electron chi connectivity index (χ1n) is 9.91. The number of hydrogen-bond donors (Lipinski definition) is 0. The molecule has 3 aromatic carbocycles. The van der Waals surface area contributed by atoms with Crippen molar-refractivity contribution in [2.45, 2.75) is 13.5 Å². The Bertz CT molecular complexity index is 901. The second-order valence-electron chi connectivity index (χ2n) is 7.60. The monoisotopic (exact) mass is 356 g/mol. The fraction of sp³-hybridized carbons (Fsp3) is 0.280. The van der Waals surface area contributed by atoms with Crippen LogP contribution in [0.2, 0.25) is 0 Å². The third-order valence-electron chi connectivity index (χ3n) is 5.41. The Morgan fingerprint density at radius 3 is 2.26 bits per heavy atom. The third kappa shape index (κ3) is 4.65. The van der Waals surface area contributed by atoms with Crippen LogP contribution in [0.1, 0.15) is 18.1 Å². The molecule has 1 aliphatic rings. The Hall–Kier alpha value is -2.42. The Morgan fingerprint density at radius 2 is 1.44 bits per heavy atom. The second-order valence-corrected chi connectivity index (χ2v) is 7.60. The molecule has 0 aromatic heterocycles. The van der Waals surface area contributed by atoms with Crippen LogP contribution in [0.15, 0.2) is 78.4 Å². The van der Waals surface area contributed by atoms with Gasteiger partial charge in [0.05, 0.1) is 0 Å². The number of nitrogens with zero attached hydrogens (tertiary/aromatic N) is 2. The molecule has 0 atom stereocenters. The maximum atomic E-state index is 2.58. The Morgan fingerprint density at radius 1 is 0.778 bits per heavy atom. The molecule has 1 saturated heterocycles. The van der Waals surface area contributed by atoms with Gasteiger partial charge in [0.25, 0.3) is 0 Å². The van der Waals surface area contributed by atoms with Gasteiger partial charge in [-0.3, -0.25) is 9.80 Å². The van der Waals surface area contributed by atoms with Crippen LogP contribution in [-0.4, -0.2) is 42.5 Å². The van der Waals surface area contributed by atoms with Gasteiger partial charge in [-0.1, -0.05) is 84.4 Å². The summed E-state index contributed by atoms with van der Waals surface area (Å²) in [6, 6.07) is 26.0. The number of piperazine rings is 1. The predicted molar refractivity (Wildman–Crippen MR) is 116 cm³/mol. The average Bonchev–Trinajstić information content (AvgIpc) is 2.71. The Labute approximate surface area is 162 Å². The van der Waals surface area contributed by atoms with Crippen molar-refractivity contribution in [3.8, 4) is 0 Å². The molecular formula is C25H28N2. The van der Waals surface area contributed by atoms with Crippen molar-refractivity contribution in [3.05, 3.63) is 89.5 Å². The molecule has 0 spiro atoms. The van der Waals surface area contributed by atoms with Crippen molar-refractivity contribution < 1.29 is 0 Å². The third-order valence-corrected chi connectivity index (χ3v) is 5.41. The molecule has 4 rings (SSSR count). The molecule has 0 saturated carbocycles. The highest BCUT2D eigenvalue weighted by atomic mass is 15.3. The van der Waals surface area contributed by atoms with E-state index in [1.807, 2.05) is 0 Å². The number of benzene rings is 3. The van der Waals surface area contributed by atoms with Crippen LogP contribution in [0, 0.1) is 0 Å². The van der Waals surface area contributed by atoms with E-state index in [0.29, 0.717) is 0 Å². The summed E-state index contributed by atoms with van der Waals surface area (Å²) in [5.41, 5.74) is 4.18. The molecule has 0 aliphatic carbocycles. The van der Waals surface area contributed by atoms with Crippen LogP contribution in [0.3, 0.4) is 0 Å². The zero-order chi connectivity index (χ0) is 18.5. The van der Waals surface area contributed by atoms with Gasteiger partial charge >= 0.3 is 0 Å². The average molecular weight is 357 g/mol. The molecule has 0 unspecified atom stereocenters. The van der Waals surface area contributed by atoms with E-state index < -0.39 is 0 Å². The van der Waals surface area contributed by atoms with E-state index in [1.165, 1.54) is 27.5 Å². The zero-order valence-corrected chi connectivity index (χ0v) is 16.1. The van der Waals surface area contributed by atoms with Crippen LogP contribution in [0.25, 0.3) is 16.8 Å². The van der Waals surface area contributed by atoms with E-state index in [9.17, 15) is 0 Å². The topological polar surface area (TPSA) is 6.48 Å². The van der Waals surface area contributed by atoms with E-state index in [2.05, 4.69) is 95.6 Å². The fourth-order valence-corrected chi connectivity index (χ4v) is 3.99. The van der Waals surface area contributed by atoms with Gasteiger partial charge in [0.1, 0.15) is 0 Å². The standard InChI is InChI=1S/C25H28N2/c1-21(18-24-12-7-11-23-10-5-6-13-25(23)24)19-26-14-16-27(17-15-26)20-22-8-3-2-4-9-22/h2-13,18H,14-17,19-20H2,1H3. The van der Waals surface area contributed by atoms with Gasteiger partial charge < -0.3 is 0 Å². The molecule has 1 heterocycles. The quantitative estimate of drug-likeness (QED) is 0.630. The van der Waals surface area contributed by atoms with Gasteiger partial charge in [0, 0.05) is 39.3 Å². The molecule has 1 fully saturated rings. The molecule has 0 bridgehead atoms. The lowest BCUT2D eigenvalue weighted by atomic mass is 10.0. The molecular weight excluding hydrogens is 328 g/mol. The number of fused-ring (bicyclic) bond motifs is 1. The molecule has 3 aromatic rings. The highest BCUT2D eigenvalue weighted by Gasteiger charge is 2.17. The van der Waals surface area contributed by atoms with E-state index in [0.717, 1.165) is 39.3 Å². The van der Waals surface area contributed by atoms with Gasteiger partial charge in [0.2, 0.25) is 0 Å². The van der Waals surface area contributed by atoms with Crippen LogP contribution in [0.4, 0.5) is 0 Å². The van der Waals surface area contributed by atoms with Crippen molar-refractivity contribution in [2.75, 3.05) is 32.7 Å². The van der Waals surface area contributed by atoms with E-state index in [-0.39, 0.29) is 0 Å². The highest BCUT2D eigenvalue weighted by Crippen LogP contribution is 2.21. The van der Waals surface area contributed by atoms with Crippen LogP contribution < -0.4 is 0 Å². The number of hydrogen-bond acceptors (Lipinski definition) is 2. The van der Waals surface area contributed by atoms with Gasteiger partial charge in [0.15, 0.2) is 0 Å². The highest BCUT2D eigenvalue weighted by molar-refractivity contribution is 5.90. The molecule has 2 nitrogen and oxygen atoms in total. The smallest absolute Gasteiger partial charge is 0.0234 e. The van der Waals surface area contributed by atoms with Crippen LogP contribution in [0.5, 0.6) is 0 Å². The summed E-state index contributed by atoms with van der Waals surface area (Å²) in [5, 5.41) is 2.65. The summed E-state index contributed by atoms with van der Waals surface area (Å²) in [5.74, 6) is 0. The summed E-state index contributed by atoms with van der Waals surface area (Å²) in [6.45, 7) is 8.98. The predicted octanol–water partition coefficient (Wildman–Crippen LogP) is 5.06. The van der Waals surface area contributed by atoms with Gasteiger partial charge in [-0.2, -0.15) is 0 Å². The minimum Gasteiger partial charge on any atom is -0.297 e. The Balaban J connectivity index is 1.35. The van der Waals surface area contributed by atoms with Gasteiger partial charge in [-0.15, -0.1) is 0 Å². The van der Waals surface area contributed by atoms with Crippen LogP contribution in [-0.2, 0) is 6.54 Å². The van der Waals surface area contributed by atoms with Crippen molar-refractivity contribution in [1.29, 1.82) is 0 Å². The van der Waals surface area contributed by atoms with E-state index >= 15 is 0 Å². The second kappa shape index (κ2) is 8.51. The van der Waals surface area contributed by atoms with Crippen molar-refractivity contribution in [3.63, 3.8) is 0 Å². The molecule has 0 N–H and O–H groups in total. The lowest BCUT2D eigenvalue weighted by Crippen LogP contribution is -2.46. The summed E-state index contributed by atoms with van der Waals surface area (Å²) in [7, 11) is 0. The summed E-state index contributed by atoms with van der Waals surface area (Å²) < 4.78 is 0. The Kier molecular flexibility index (Phi) is 5.66. The van der Waals surface area contributed by atoms with Crippen molar-refractivity contribution >= 4 is 16.8 Å². The molecule has 2 heteroatoms. The van der Waals surface area contributed by atoms with E-state index in [1.54, 1.807) is 0 Å². The first-order valence-corrected chi connectivity index (χ1v) is 9.91. The van der Waals surface area contributed by atoms with Gasteiger partial charge in [-0.25, -0.2) is 0 Å². The van der Waals surface area contributed by atoms with Crippen molar-refractivity contribution in [1.82, 2.24) is 9.80 Å². The van der Waals surface area contributed by atoms with Gasteiger partial charge in [-0.05, 0) is 28.8 Å². The molecule has 0 amide bonds. The molecule has 27 heavy (non-hydrogen) atoms. The van der Waals surface area contributed by atoms with Crippen molar-refractivity contribution in [2.24, 2.45) is 0 Å². The largest absolute Gasteiger partial charge is 0.297 e. The maximum absolute atomic E-state index is 2.58. The fourth-order valence-electron chi connectivity index (χ4n) is 3.99. The summed E-state index contributed by atoms with van der Waals surface area (Å²) in [4.78, 5) is 5.15. The summed E-state index contributed by atoms with van der Waals surface area (Å²) in [6.07, 6.45) is 2.36. The normalized spacial score (nSPS) is 16.7. The lowest BCUT2D eigenvalue weighted by molar-refractivity contribution is 0.135. The first-order chi connectivity index (χ1) is 13.3. The molecule has 138 valence electrons.